The Morgan fingerprint density at radius 3 is 1.24 bits per heavy atom. The number of nitrogens with one attached hydrogen (secondary N) is 7. The van der Waals surface area contributed by atoms with E-state index < -0.39 is 169 Å². The third-order valence-electron chi connectivity index (χ3n) is 23.1. The summed E-state index contributed by atoms with van der Waals surface area (Å²) in [4.78, 5) is 128. The largest absolute Gasteiger partial charge is 0.444 e. The molecule has 10 rings (SSSR count). The zero-order valence-electron chi connectivity index (χ0n) is 70.5. The summed E-state index contributed by atoms with van der Waals surface area (Å²) >= 11 is 2.27. The average Bonchev–Trinajstić information content (AvgIpc) is 1.52. The number of hydrogen-bond donors (Lipinski definition) is 7. The lowest BCUT2D eigenvalue weighted by Crippen LogP contribution is -2.63. The van der Waals surface area contributed by atoms with Crippen LogP contribution >= 0.6 is 22.7 Å². The molecule has 2 aromatic heterocycles. The molecule has 36 heteroatoms. The molecule has 30 nitrogen and oxygen atoms in total. The number of fused-ring (bicyclic) bond motifs is 2. The molecule has 14 atom stereocenters. The van der Waals surface area contributed by atoms with Gasteiger partial charge >= 0.3 is 12.1 Å². The van der Waals surface area contributed by atoms with Crippen LogP contribution in [0.25, 0.3) is 0 Å². The SMILES string of the molecule is C=CC1C[C@]1(NC(=O)[C@@H]1[C@@H]2[C@H](CN1C(=O)[C@@H](NC(=O)N[C@H](CN(C)S(=O)(=O)c1cccs1)C(C)(C)C)C(C)(C)C)C2(C)C)C(=O)NS(=O)(=O)c1ccccc1.C=CC1C[C@]1(NC(=O)[C@@H]1[C@@H]2[C@H](CN1C(=O)[C@@H](NC(=O)OC(C)(C)C)C(C)(C)C)C2(C)C)C(=O)NS(=O)(=O)c1ccccc1.CN(C[C@@H](N=C=O)C(C)(C)C)S(=O)(=O)c1cccs1. The lowest BCUT2D eigenvalue weighted by Gasteiger charge is -2.39. The molecular formula is C81H116N12O18S6. The Morgan fingerprint density at radius 1 is 0.547 bits per heavy atom. The maximum Gasteiger partial charge on any atom is 0.408 e. The van der Waals surface area contributed by atoms with E-state index in [0.717, 1.165) is 11.3 Å². The van der Waals surface area contributed by atoms with Crippen LogP contribution < -0.4 is 36.0 Å². The van der Waals surface area contributed by atoms with Crippen LogP contribution in [0.4, 0.5) is 9.59 Å². The number of likely N-dealkylation sites (tertiary alicyclic amines) is 2. The lowest BCUT2D eigenvalue weighted by atomic mass is 9.85. The third kappa shape index (κ3) is 21.0. The number of hydrogen-bond acceptors (Lipinski definition) is 21. The van der Waals surface area contributed by atoms with Crippen LogP contribution in [0.3, 0.4) is 0 Å². The van der Waals surface area contributed by atoms with E-state index in [1.54, 1.807) is 94.8 Å². The van der Waals surface area contributed by atoms with Crippen molar-refractivity contribution in [1.29, 1.82) is 0 Å². The van der Waals surface area contributed by atoms with Crippen molar-refractivity contribution in [1.82, 2.24) is 54.4 Å². The van der Waals surface area contributed by atoms with E-state index in [2.05, 4.69) is 54.2 Å². The first-order valence-electron chi connectivity index (χ1n) is 38.5. The highest BCUT2D eigenvalue weighted by Crippen LogP contribution is 2.66. The number of benzene rings is 2. The van der Waals surface area contributed by atoms with Crippen LogP contribution in [0.2, 0.25) is 0 Å². The maximum absolute atomic E-state index is 14.6. The van der Waals surface area contributed by atoms with Crippen molar-refractivity contribution >= 4 is 116 Å². The van der Waals surface area contributed by atoms with E-state index in [1.807, 2.05) is 90.0 Å². The topological polar surface area (TPSA) is 409 Å². The van der Waals surface area contributed by atoms with Crippen LogP contribution in [-0.4, -0.2) is 199 Å². The number of amides is 9. The van der Waals surface area contributed by atoms with E-state index >= 15 is 0 Å². The number of nitrogens with zero attached hydrogens (tertiary/aromatic N) is 5. The van der Waals surface area contributed by atoms with Crippen LogP contribution in [0.5, 0.6) is 0 Å². The molecule has 117 heavy (non-hydrogen) atoms. The van der Waals surface area contributed by atoms with Gasteiger partial charge in [-0.05, 0) is 137 Å². The van der Waals surface area contributed by atoms with Gasteiger partial charge in [-0.2, -0.15) is 8.61 Å². The first-order valence-corrected chi connectivity index (χ1v) is 46.1. The molecule has 0 bridgehead atoms. The number of alkyl carbamates (subject to hydrolysis) is 1. The first-order chi connectivity index (χ1) is 53.6. The summed E-state index contributed by atoms with van der Waals surface area (Å²) < 4.78 is 115. The Hall–Kier alpha value is -8.22. The number of carbonyl (C=O) groups excluding carboxylic acids is 9. The van der Waals surface area contributed by atoms with Crippen LogP contribution in [0.1, 0.15) is 144 Å². The fraction of sp³-hybridized carbons (Fsp3) is 0.593. The van der Waals surface area contributed by atoms with Crippen molar-refractivity contribution < 1.29 is 81.6 Å². The molecule has 4 heterocycles. The maximum atomic E-state index is 14.6. The van der Waals surface area contributed by atoms with E-state index in [1.165, 1.54) is 105 Å². The summed E-state index contributed by atoms with van der Waals surface area (Å²) in [5.41, 5.74) is -6.82. The predicted molar refractivity (Wildman–Crippen MR) is 445 cm³/mol. The summed E-state index contributed by atoms with van der Waals surface area (Å²) in [6, 6.07) is 15.6. The quantitative estimate of drug-likeness (QED) is 0.0176. The van der Waals surface area contributed by atoms with Crippen molar-refractivity contribution in [2.75, 3.05) is 40.3 Å². The van der Waals surface area contributed by atoms with Crippen molar-refractivity contribution in [2.45, 2.75) is 216 Å². The van der Waals surface area contributed by atoms with Crippen molar-refractivity contribution in [3.63, 3.8) is 0 Å². The highest BCUT2D eigenvalue weighted by atomic mass is 32.3. The molecule has 2 aliphatic heterocycles. The highest BCUT2D eigenvalue weighted by Gasteiger charge is 2.73. The minimum absolute atomic E-state index is 0.0228. The second-order valence-electron chi connectivity index (χ2n) is 37.6. The van der Waals surface area contributed by atoms with Crippen LogP contribution in [0.15, 0.2) is 144 Å². The number of carbonyl (C=O) groups is 8. The van der Waals surface area contributed by atoms with Gasteiger partial charge in [-0.1, -0.05) is 171 Å². The number of urea groups is 1. The molecule has 2 unspecified atom stereocenters. The average molecular weight is 1740 g/mol. The zero-order chi connectivity index (χ0) is 88.1. The molecule has 0 radical (unpaired) electrons. The molecule has 644 valence electrons. The fourth-order valence-electron chi connectivity index (χ4n) is 15.3. The van der Waals surface area contributed by atoms with Gasteiger partial charge in [0.15, 0.2) is 0 Å². The fourth-order valence-corrected chi connectivity index (χ4v) is 22.2. The van der Waals surface area contributed by atoms with Crippen molar-refractivity contribution in [2.24, 2.45) is 73.0 Å². The minimum Gasteiger partial charge on any atom is -0.444 e. The van der Waals surface area contributed by atoms with Crippen LogP contribution in [0, 0.1) is 68.0 Å². The van der Waals surface area contributed by atoms with Gasteiger partial charge in [-0.25, -0.2) is 62.5 Å². The van der Waals surface area contributed by atoms with Gasteiger partial charge in [-0.3, -0.25) is 28.8 Å². The molecule has 0 spiro atoms. The number of likely N-dealkylation sites (N-methyl/N-ethyl adjacent to an activating group) is 2. The molecule has 6 aliphatic rings. The minimum atomic E-state index is -4.24. The summed E-state index contributed by atoms with van der Waals surface area (Å²) in [7, 11) is -12.8. The molecule has 2 saturated heterocycles. The summed E-state index contributed by atoms with van der Waals surface area (Å²) in [6.07, 6.45) is 4.08. The van der Waals surface area contributed by atoms with Gasteiger partial charge in [0.1, 0.15) is 49.3 Å². The number of sulfonamides is 4. The molecule has 4 aliphatic carbocycles. The molecule has 6 fully saturated rings. The van der Waals surface area contributed by atoms with Gasteiger partial charge < -0.3 is 41.1 Å². The van der Waals surface area contributed by atoms with E-state index in [9.17, 15) is 76.8 Å². The second kappa shape index (κ2) is 34.1. The van der Waals surface area contributed by atoms with Crippen molar-refractivity contribution in [3.05, 3.63) is 121 Å². The normalized spacial score (nSPS) is 24.7. The van der Waals surface area contributed by atoms with Crippen molar-refractivity contribution in [3.8, 4) is 0 Å². The van der Waals surface area contributed by atoms with Crippen LogP contribution in [-0.2, 0) is 78.4 Å². The number of ether oxygens (including phenoxy) is 1. The van der Waals surface area contributed by atoms with Gasteiger partial charge in [0, 0.05) is 58.2 Å². The molecule has 2 aromatic carbocycles. The lowest BCUT2D eigenvalue weighted by molar-refractivity contribution is -0.144. The molecular weight excluding hydrogens is 1620 g/mol. The summed E-state index contributed by atoms with van der Waals surface area (Å²) in [6.45, 7) is 43.6. The predicted octanol–water partition coefficient (Wildman–Crippen LogP) is 8.64. The monoisotopic (exact) mass is 1740 g/mol. The Bertz CT molecular complexity index is 4930. The summed E-state index contributed by atoms with van der Waals surface area (Å²) in [5, 5.41) is 17.5. The number of rotatable bonds is 26. The Kier molecular flexibility index (Phi) is 27.5. The molecule has 7 N–H and O–H groups in total. The number of isocyanates is 1. The highest BCUT2D eigenvalue weighted by molar-refractivity contribution is 7.91. The van der Waals surface area contributed by atoms with E-state index in [-0.39, 0.29) is 90.6 Å². The van der Waals surface area contributed by atoms with Gasteiger partial charge in [0.2, 0.25) is 29.7 Å². The number of piperidine rings is 2. The van der Waals surface area contributed by atoms with Gasteiger partial charge in [-0.15, -0.1) is 35.8 Å². The second-order valence-corrected chi connectivity index (χ2v) is 47.4. The van der Waals surface area contributed by atoms with E-state index in [0.29, 0.717) is 6.54 Å². The third-order valence-corrected chi connectivity index (χ3v) is 32.2. The molecule has 4 saturated carbocycles. The zero-order valence-corrected chi connectivity index (χ0v) is 75.4. The Labute approximate surface area is 697 Å². The van der Waals surface area contributed by atoms with Gasteiger partial charge in [0.25, 0.3) is 51.9 Å². The standard InChI is InChI=1S/C38H54N6O8S3.C31H44N4O7S.C12H18N2O3S2/c1-11-23-20-38(23,33(47)42-54(49,50)24-16-13-12-14-17-24)41-31(45)29-28-25(37(28,8)9)21-44(29)32(46)30(36(5,6)7)40-34(48)39-26(35(2,3)4)22-43(10)55(51,52)27-18-15-19-53-27;1-10-18-16-31(18,26(38)34-43(40,41)19-14-12-11-13-15-19)33-24(36)22-21-20(30(21,8)9)17-35(22)25(37)23(28(2,3)4)32-27(39)42-29(5,6)7;1-12(2,3)10(13-9-15)8-14(4)19(16,17)11-6-5-7-18-11/h11-19,23,25-26,28-30H,1,20-22H2,2-10H3,(H,41,45)(H,42,47)(H2,39,40,48);10-15,18,20-23H,1,16-17H2,2-9H3,(H,32,39)(H,33,36)(H,34,38);5-7,10H,8H2,1-4H3/t23?,25-,26+,28-,29-,30+,38+;18?,20-,21-,22-,23+,31+;10-/m001/s1. The molecule has 9 amide bonds. The van der Waals surface area contributed by atoms with E-state index in [4.69, 9.17) is 4.74 Å². The number of thiophene rings is 2. The smallest absolute Gasteiger partial charge is 0.408 e. The first kappa shape index (κ1) is 94.3. The summed E-state index contributed by atoms with van der Waals surface area (Å²) in [5.74, 6) is -5.25. The Morgan fingerprint density at radius 2 is 0.923 bits per heavy atom. The number of aliphatic imine (C=N–C) groups is 1. The Balaban J connectivity index is 0.000000243. The molecule has 4 aromatic rings. The van der Waals surface area contributed by atoms with Gasteiger partial charge in [0.05, 0.1) is 15.8 Å².